The molecule has 7 unspecified atom stereocenters. The molecule has 1 rings (SSSR count). The summed E-state index contributed by atoms with van der Waals surface area (Å²) in [7, 11) is 2.86. The number of rotatable bonds is 15. The Morgan fingerprint density at radius 2 is 2.06 bits per heavy atom. The molecule has 7 atom stereocenters. The van der Waals surface area contributed by atoms with Crippen LogP contribution in [-0.2, 0) is 39.9 Å². The maximum atomic E-state index is 13.0. The Bertz CT molecular complexity index is 635. The predicted molar refractivity (Wildman–Crippen MR) is 130 cm³/mol. The standard InChI is InChI=1S/C24H40O4P2.W/c1-8-17(2)12-13-20-24(7,27-20)15-9-11-18(3)21(28-30-29)19(4)22(26)23(5,6)14-10-16-25;/h8,10,12,14,18-21,30H,9,11,13,15,29H2,1-7H3;/q-2;+2/b14-10+,17-8+;. The molecule has 176 valence electrons. The molecule has 1 saturated heterocycles. The van der Waals surface area contributed by atoms with E-state index in [9.17, 15) is 9.59 Å². The SMILES string of the molecule is C/C=C(\C)[CH-]CC1OC1(C)CCCC(C)C(OPP)C(C)C(=O)C(C)(C)/C=C/[C-]=O.[W+2]. The van der Waals surface area contributed by atoms with E-state index >= 15 is 0 Å². The summed E-state index contributed by atoms with van der Waals surface area (Å²) in [6.07, 6.45) is 13.2. The summed E-state index contributed by atoms with van der Waals surface area (Å²) in [6.45, 7) is 14.1. The molecule has 0 bridgehead atoms. The summed E-state index contributed by atoms with van der Waals surface area (Å²) in [5.41, 5.74) is 0.552. The molecule has 0 amide bonds. The van der Waals surface area contributed by atoms with Gasteiger partial charge in [-0.25, -0.2) is 24.1 Å². The minimum atomic E-state index is -0.716. The van der Waals surface area contributed by atoms with Crippen LogP contribution in [0.5, 0.6) is 0 Å². The third-order valence-electron chi connectivity index (χ3n) is 6.35. The van der Waals surface area contributed by atoms with Crippen molar-refractivity contribution in [2.24, 2.45) is 17.3 Å². The normalized spacial score (nSPS) is 24.6. The van der Waals surface area contributed by atoms with Crippen LogP contribution in [0, 0.1) is 23.7 Å². The maximum Gasteiger partial charge on any atom is 2.00 e. The second-order valence-electron chi connectivity index (χ2n) is 9.29. The molecule has 0 aliphatic carbocycles. The summed E-state index contributed by atoms with van der Waals surface area (Å²) < 4.78 is 12.0. The van der Waals surface area contributed by atoms with E-state index in [2.05, 4.69) is 49.1 Å². The minimum Gasteiger partial charge on any atom is -0.419 e. The largest absolute Gasteiger partial charge is 2.00 e. The number of allylic oxidation sites excluding steroid dienone is 4. The van der Waals surface area contributed by atoms with Crippen LogP contribution in [0.25, 0.3) is 0 Å². The van der Waals surface area contributed by atoms with Crippen molar-refractivity contribution in [1.29, 1.82) is 0 Å². The molecular weight excluding hydrogens is 598 g/mol. The Balaban J connectivity index is 0.00000900. The van der Waals surface area contributed by atoms with E-state index < -0.39 is 5.41 Å². The molecule has 0 aromatic carbocycles. The maximum absolute atomic E-state index is 13.0. The summed E-state index contributed by atoms with van der Waals surface area (Å²) in [4.78, 5) is 23.6. The van der Waals surface area contributed by atoms with E-state index in [1.807, 2.05) is 20.8 Å². The van der Waals surface area contributed by atoms with Gasteiger partial charge in [0.05, 0.1) is 17.8 Å². The number of ketones is 1. The summed E-state index contributed by atoms with van der Waals surface area (Å²) in [5, 5.41) is 0. The van der Waals surface area contributed by atoms with Crippen molar-refractivity contribution in [1.82, 2.24) is 0 Å². The first-order valence-corrected chi connectivity index (χ1v) is 13.6. The van der Waals surface area contributed by atoms with Gasteiger partial charge >= 0.3 is 21.1 Å². The smallest absolute Gasteiger partial charge is 0.419 e. The van der Waals surface area contributed by atoms with Gasteiger partial charge in [0.15, 0.2) is 0 Å². The number of hydrogen-bond acceptors (Lipinski definition) is 4. The predicted octanol–water partition coefficient (Wildman–Crippen LogP) is 6.17. The molecule has 0 aromatic rings. The van der Waals surface area contributed by atoms with E-state index in [4.69, 9.17) is 9.26 Å². The van der Waals surface area contributed by atoms with Gasteiger partial charge in [-0.1, -0.05) is 56.4 Å². The number of ether oxygens (including phenoxy) is 1. The third kappa shape index (κ3) is 9.90. The van der Waals surface area contributed by atoms with Gasteiger partial charge in [0, 0.05) is 14.4 Å². The Labute approximate surface area is 208 Å². The Morgan fingerprint density at radius 1 is 1.42 bits per heavy atom. The van der Waals surface area contributed by atoms with E-state index in [1.165, 1.54) is 11.6 Å². The third-order valence-corrected chi connectivity index (χ3v) is 7.17. The molecule has 1 fully saturated rings. The zero-order chi connectivity index (χ0) is 22.9. The molecule has 0 N–H and O–H groups in total. The van der Waals surface area contributed by atoms with Crippen molar-refractivity contribution in [3.63, 3.8) is 0 Å². The second-order valence-corrected chi connectivity index (χ2v) is 10.5. The second kappa shape index (κ2) is 14.4. The fourth-order valence-corrected chi connectivity index (χ4v) is 5.07. The van der Waals surface area contributed by atoms with Crippen molar-refractivity contribution in [3.8, 4) is 0 Å². The van der Waals surface area contributed by atoms with Gasteiger partial charge in [0.25, 0.3) is 0 Å². The van der Waals surface area contributed by atoms with E-state index in [1.54, 1.807) is 12.4 Å². The van der Waals surface area contributed by atoms with Gasteiger partial charge in [-0.15, -0.1) is 6.92 Å². The molecule has 4 nitrogen and oxygen atoms in total. The van der Waals surface area contributed by atoms with Gasteiger partial charge in [-0.3, -0.25) is 0 Å². The van der Waals surface area contributed by atoms with Gasteiger partial charge in [-0.2, -0.15) is 6.08 Å². The number of Topliss-reactive ketones (excluding diaryl/α,β-unsaturated/α-hetero) is 1. The van der Waals surface area contributed by atoms with Crippen molar-refractivity contribution in [2.45, 2.75) is 92.0 Å². The molecule has 1 aliphatic rings. The summed E-state index contributed by atoms with van der Waals surface area (Å²) in [5.74, 6) is 0.0897. The van der Waals surface area contributed by atoms with Crippen LogP contribution in [0.1, 0.15) is 74.1 Å². The van der Waals surface area contributed by atoms with Gasteiger partial charge < -0.3 is 18.8 Å². The fourth-order valence-electron chi connectivity index (χ4n) is 4.01. The molecule has 1 heterocycles. The first-order valence-electron chi connectivity index (χ1n) is 10.9. The van der Waals surface area contributed by atoms with Crippen molar-refractivity contribution in [2.75, 3.05) is 0 Å². The van der Waals surface area contributed by atoms with Crippen molar-refractivity contribution in [3.05, 3.63) is 30.2 Å². The van der Waals surface area contributed by atoms with Gasteiger partial charge in [0.2, 0.25) is 0 Å². The Hall–Kier alpha value is 0.158. The van der Waals surface area contributed by atoms with Crippen LogP contribution in [-0.4, -0.2) is 29.9 Å². The minimum absolute atomic E-state index is 0. The van der Waals surface area contributed by atoms with Gasteiger partial charge in [0.1, 0.15) is 5.78 Å². The summed E-state index contributed by atoms with van der Waals surface area (Å²) in [6, 6.07) is 0. The van der Waals surface area contributed by atoms with E-state index in [-0.39, 0.29) is 58.9 Å². The zero-order valence-electron chi connectivity index (χ0n) is 20.1. The first-order chi connectivity index (χ1) is 14.0. The van der Waals surface area contributed by atoms with E-state index in [0.717, 1.165) is 25.7 Å². The zero-order valence-corrected chi connectivity index (χ0v) is 25.2. The van der Waals surface area contributed by atoms with Gasteiger partial charge in [-0.05, 0) is 37.4 Å². The molecular formula is C24H40O4P2W. The van der Waals surface area contributed by atoms with Crippen LogP contribution < -0.4 is 0 Å². The molecule has 1 aliphatic heterocycles. The first kappa shape index (κ1) is 31.2. The molecule has 31 heavy (non-hydrogen) atoms. The number of hydrogen-bond donors (Lipinski definition) is 0. The monoisotopic (exact) mass is 638 g/mol. The topological polar surface area (TPSA) is 55.9 Å². The summed E-state index contributed by atoms with van der Waals surface area (Å²) >= 11 is 0. The number of carbonyl (C=O) groups is 1. The average Bonchev–Trinajstić information content (AvgIpc) is 3.36. The number of carbonyl (C=O) groups excluding carboxylic acids is 2. The van der Waals surface area contributed by atoms with Crippen LogP contribution in [0.15, 0.2) is 23.8 Å². The van der Waals surface area contributed by atoms with Crippen LogP contribution >= 0.6 is 17.4 Å². The molecule has 0 radical (unpaired) electrons. The van der Waals surface area contributed by atoms with Crippen LogP contribution in [0.2, 0.25) is 0 Å². The molecule has 0 spiro atoms. The van der Waals surface area contributed by atoms with Crippen LogP contribution in [0.4, 0.5) is 0 Å². The quantitative estimate of drug-likeness (QED) is 0.0932. The van der Waals surface area contributed by atoms with E-state index in [0.29, 0.717) is 6.10 Å². The number of epoxide rings is 1. The van der Waals surface area contributed by atoms with Crippen LogP contribution in [0.3, 0.4) is 0 Å². The molecule has 7 heteroatoms. The van der Waals surface area contributed by atoms with Crippen molar-refractivity contribution < 1.29 is 39.9 Å². The Kier molecular flexibility index (Phi) is 14.5. The Morgan fingerprint density at radius 3 is 2.61 bits per heavy atom. The average molecular weight is 638 g/mol. The molecule has 0 aromatic heterocycles. The van der Waals surface area contributed by atoms with Crippen molar-refractivity contribution >= 4 is 29.5 Å². The fraction of sp³-hybridized carbons (Fsp3) is 0.708. The molecule has 0 saturated carbocycles.